The van der Waals surface area contributed by atoms with E-state index in [9.17, 15) is 24.6 Å². The SMILES string of the molecule is COc1ccc(C23C(=O)N(Nc4ccc(Cl)cc4Cl)C(=O)C2CC2C(=CCC4C(=O)N(CCc5ccc(O)cc5)C(=O)C42)C3c2ccc(O)c(OC)c2)cc1. The molecule has 13 heteroatoms. The average Bonchev–Trinajstić information content (AvgIpc) is 3.56. The van der Waals surface area contributed by atoms with Gasteiger partial charge in [-0.3, -0.25) is 29.5 Å². The Morgan fingerprint density at radius 2 is 1.58 bits per heavy atom. The summed E-state index contributed by atoms with van der Waals surface area (Å²) in [5.74, 6) is -4.75. The number of carbonyl (C=O) groups is 4. The summed E-state index contributed by atoms with van der Waals surface area (Å²) >= 11 is 12.7. The van der Waals surface area contributed by atoms with E-state index in [0.717, 1.165) is 16.1 Å². The Bertz CT molecular complexity index is 2260. The van der Waals surface area contributed by atoms with Gasteiger partial charge in [-0.2, -0.15) is 5.01 Å². The number of fused-ring (bicyclic) bond motifs is 4. The number of aromatic hydroxyl groups is 2. The molecule has 2 saturated heterocycles. The first-order valence-electron chi connectivity index (χ1n) is 17.9. The lowest BCUT2D eigenvalue weighted by molar-refractivity contribution is -0.141. The van der Waals surface area contributed by atoms with E-state index in [1.807, 2.05) is 6.08 Å². The summed E-state index contributed by atoms with van der Waals surface area (Å²) in [5.41, 5.74) is 4.47. The predicted octanol–water partition coefficient (Wildman–Crippen LogP) is 6.65. The lowest BCUT2D eigenvalue weighted by Gasteiger charge is -2.50. The van der Waals surface area contributed by atoms with Crippen molar-refractivity contribution < 1.29 is 38.9 Å². The molecule has 0 spiro atoms. The Kier molecular flexibility index (Phi) is 9.25. The molecule has 3 N–H and O–H groups in total. The number of imide groups is 2. The van der Waals surface area contributed by atoms with Crippen LogP contribution in [-0.4, -0.2) is 64.5 Å². The van der Waals surface area contributed by atoms with Gasteiger partial charge < -0.3 is 19.7 Å². The van der Waals surface area contributed by atoms with E-state index in [4.69, 9.17) is 32.7 Å². The second-order valence-corrected chi connectivity index (χ2v) is 15.2. The summed E-state index contributed by atoms with van der Waals surface area (Å²) in [5, 5.41) is 22.0. The third kappa shape index (κ3) is 5.79. The van der Waals surface area contributed by atoms with Gasteiger partial charge in [0.1, 0.15) is 11.5 Å². The number of benzene rings is 4. The zero-order valence-corrected chi connectivity index (χ0v) is 31.4. The number of anilines is 1. The first-order chi connectivity index (χ1) is 26.5. The number of carbonyl (C=O) groups excluding carboxylic acids is 4. The third-order valence-electron chi connectivity index (χ3n) is 11.8. The number of likely N-dealkylation sites (tertiary alicyclic amines) is 1. The number of nitrogens with zero attached hydrogens (tertiary/aromatic N) is 2. The van der Waals surface area contributed by atoms with Crippen LogP contribution >= 0.6 is 23.2 Å². The molecule has 4 aromatic carbocycles. The van der Waals surface area contributed by atoms with Crippen molar-refractivity contribution in [3.63, 3.8) is 0 Å². The van der Waals surface area contributed by atoms with E-state index < -0.39 is 46.8 Å². The van der Waals surface area contributed by atoms with Gasteiger partial charge in [-0.1, -0.05) is 65.2 Å². The molecule has 0 radical (unpaired) electrons. The Labute approximate surface area is 327 Å². The average molecular weight is 783 g/mol. The highest BCUT2D eigenvalue weighted by Gasteiger charge is 2.70. The molecule has 8 rings (SSSR count). The van der Waals surface area contributed by atoms with Gasteiger partial charge in [0, 0.05) is 17.5 Å². The summed E-state index contributed by atoms with van der Waals surface area (Å²) in [4.78, 5) is 60.1. The van der Waals surface area contributed by atoms with Gasteiger partial charge in [0.2, 0.25) is 11.8 Å². The molecule has 4 amide bonds. The van der Waals surface area contributed by atoms with Crippen molar-refractivity contribution in [2.75, 3.05) is 26.2 Å². The van der Waals surface area contributed by atoms with Crippen LogP contribution in [0.25, 0.3) is 0 Å². The fraction of sp³-hybridized carbons (Fsp3) is 0.286. The Hall–Kier alpha value is -5.52. The van der Waals surface area contributed by atoms with Crippen molar-refractivity contribution in [3.8, 4) is 23.0 Å². The number of ether oxygens (including phenoxy) is 2. The number of amides is 4. The van der Waals surface area contributed by atoms with Crippen LogP contribution in [-0.2, 0) is 31.0 Å². The molecular weight excluding hydrogens is 745 g/mol. The van der Waals surface area contributed by atoms with Gasteiger partial charge in [-0.15, -0.1) is 0 Å². The molecule has 4 aromatic rings. The number of rotatable bonds is 9. The first-order valence-corrected chi connectivity index (χ1v) is 18.7. The molecule has 0 bridgehead atoms. The van der Waals surface area contributed by atoms with Crippen molar-refractivity contribution in [1.82, 2.24) is 9.91 Å². The second kappa shape index (κ2) is 14.0. The van der Waals surface area contributed by atoms with Crippen LogP contribution in [0.5, 0.6) is 23.0 Å². The summed E-state index contributed by atoms with van der Waals surface area (Å²) in [6.45, 7) is 0.159. The minimum Gasteiger partial charge on any atom is -0.508 e. The molecule has 6 atom stereocenters. The van der Waals surface area contributed by atoms with Crippen molar-refractivity contribution >= 4 is 52.5 Å². The van der Waals surface area contributed by atoms with Crippen molar-refractivity contribution in [1.29, 1.82) is 0 Å². The summed E-state index contributed by atoms with van der Waals surface area (Å²) in [6.07, 6.45) is 2.74. The largest absolute Gasteiger partial charge is 0.508 e. The van der Waals surface area contributed by atoms with Gasteiger partial charge in [0.25, 0.3) is 11.8 Å². The molecule has 1 saturated carbocycles. The van der Waals surface area contributed by atoms with E-state index in [0.29, 0.717) is 28.3 Å². The lowest BCUT2D eigenvalue weighted by atomic mass is 9.49. The molecule has 0 aromatic heterocycles. The van der Waals surface area contributed by atoms with Crippen molar-refractivity contribution in [2.24, 2.45) is 23.7 Å². The van der Waals surface area contributed by atoms with Crippen molar-refractivity contribution in [3.05, 3.63) is 123 Å². The van der Waals surface area contributed by atoms with Gasteiger partial charge in [-0.05, 0) is 96.5 Å². The number of hydrazine groups is 1. The van der Waals surface area contributed by atoms with Crippen LogP contribution in [0.15, 0.2) is 96.6 Å². The predicted molar refractivity (Wildman–Crippen MR) is 204 cm³/mol. The minimum atomic E-state index is -1.56. The van der Waals surface area contributed by atoms with E-state index in [2.05, 4.69) is 5.43 Å². The highest BCUT2D eigenvalue weighted by Crippen LogP contribution is 2.64. The second-order valence-electron chi connectivity index (χ2n) is 14.4. The zero-order valence-electron chi connectivity index (χ0n) is 29.9. The standard InChI is InChI=1S/C42H37Cl2N3O8/c1-54-27-11-6-24(7-12-27)42-31(39(51)47(41(42)53)45-33-15-8-25(43)20-32(33)44)21-30-28(37(42)23-5-16-34(49)35(19-23)55-2)13-14-29-36(30)40(52)46(38(29)50)18-17-22-3-9-26(48)10-4-22/h3-13,15-16,19-20,29-31,36-37,45,48-49H,14,17-18,21H2,1-2H3. The Morgan fingerprint density at radius 3 is 2.27 bits per heavy atom. The number of halogens is 2. The number of nitrogens with one attached hydrogen (secondary N) is 1. The maximum atomic E-state index is 15.4. The van der Waals surface area contributed by atoms with E-state index in [1.54, 1.807) is 72.8 Å². The molecule has 6 unspecified atom stereocenters. The number of hydrogen-bond acceptors (Lipinski definition) is 9. The van der Waals surface area contributed by atoms with Crippen LogP contribution in [0.2, 0.25) is 10.0 Å². The van der Waals surface area contributed by atoms with E-state index >= 15 is 4.79 Å². The molecular formula is C42H37Cl2N3O8. The smallest absolute Gasteiger partial charge is 0.260 e. The van der Waals surface area contributed by atoms with Crippen LogP contribution in [0.1, 0.15) is 35.4 Å². The lowest BCUT2D eigenvalue weighted by Crippen LogP contribution is -2.53. The number of hydrogen-bond donors (Lipinski definition) is 3. The van der Waals surface area contributed by atoms with Crippen LogP contribution in [0, 0.1) is 23.7 Å². The fourth-order valence-corrected chi connectivity index (χ4v) is 9.73. The highest BCUT2D eigenvalue weighted by molar-refractivity contribution is 6.36. The topological polar surface area (TPSA) is 146 Å². The summed E-state index contributed by atoms with van der Waals surface area (Å²) in [7, 11) is 2.96. The highest BCUT2D eigenvalue weighted by atomic mass is 35.5. The summed E-state index contributed by atoms with van der Waals surface area (Å²) in [6, 6.07) is 23.2. The van der Waals surface area contributed by atoms with Gasteiger partial charge in [0.15, 0.2) is 11.5 Å². The third-order valence-corrected chi connectivity index (χ3v) is 12.3. The molecule has 2 aliphatic carbocycles. The number of phenolic OH excluding ortho intramolecular Hbond substituents is 2. The molecule has 3 fully saturated rings. The van der Waals surface area contributed by atoms with Crippen LogP contribution in [0.4, 0.5) is 5.69 Å². The molecule has 55 heavy (non-hydrogen) atoms. The summed E-state index contributed by atoms with van der Waals surface area (Å²) < 4.78 is 11.0. The van der Waals surface area contributed by atoms with Crippen molar-refractivity contribution in [2.45, 2.75) is 30.6 Å². The molecule has 282 valence electrons. The van der Waals surface area contributed by atoms with Gasteiger partial charge >= 0.3 is 0 Å². The fourth-order valence-electron chi connectivity index (χ4n) is 9.28. The van der Waals surface area contributed by atoms with E-state index in [1.165, 1.54) is 31.3 Å². The molecule has 4 aliphatic rings. The van der Waals surface area contributed by atoms with Crippen LogP contribution < -0.4 is 14.9 Å². The van der Waals surface area contributed by atoms with E-state index in [-0.39, 0.29) is 59.2 Å². The van der Waals surface area contributed by atoms with Crippen LogP contribution in [0.3, 0.4) is 0 Å². The zero-order chi connectivity index (χ0) is 38.8. The molecule has 2 aliphatic heterocycles. The number of methoxy groups -OCH3 is 2. The quantitative estimate of drug-likeness (QED) is 0.126. The Morgan fingerprint density at radius 1 is 0.836 bits per heavy atom. The number of allylic oxidation sites excluding steroid dienone is 2. The van der Waals surface area contributed by atoms with Gasteiger partial charge in [0.05, 0.1) is 48.1 Å². The molecule has 11 nitrogen and oxygen atoms in total. The minimum absolute atomic E-state index is 0.104. The Balaban J connectivity index is 1.28. The number of phenols is 2. The first kappa shape index (κ1) is 36.5. The maximum Gasteiger partial charge on any atom is 0.260 e. The normalized spacial score (nSPS) is 25.7. The maximum absolute atomic E-state index is 15.4. The monoisotopic (exact) mass is 781 g/mol. The molecule has 2 heterocycles. The van der Waals surface area contributed by atoms with Gasteiger partial charge in [-0.25, -0.2) is 0 Å².